The number of aliphatic hydroxyl groups excluding tert-OH is 1. The molecule has 2 N–H and O–H groups in total. The Morgan fingerprint density at radius 3 is 2.62 bits per heavy atom. The molecule has 0 saturated heterocycles. The third-order valence-electron chi connectivity index (χ3n) is 2.48. The standard InChI is InChI=1S/C13H20ClNO/c1-10(2)8-13(3,9-16)15-12-6-4-5-11(14)7-12/h4-7,10,15-16H,8-9H2,1-3H3. The smallest absolute Gasteiger partial charge is 0.0658 e. The quantitative estimate of drug-likeness (QED) is 0.827. The lowest BCUT2D eigenvalue weighted by molar-refractivity contribution is 0.202. The van der Waals surface area contributed by atoms with Crippen LogP contribution in [0.4, 0.5) is 5.69 Å². The Labute approximate surface area is 103 Å². The molecule has 0 aromatic heterocycles. The topological polar surface area (TPSA) is 32.3 Å². The first-order chi connectivity index (χ1) is 7.45. The largest absolute Gasteiger partial charge is 0.394 e. The number of benzene rings is 1. The maximum atomic E-state index is 9.47. The van der Waals surface area contributed by atoms with Crippen molar-refractivity contribution in [1.29, 1.82) is 0 Å². The Balaban J connectivity index is 2.76. The molecule has 0 heterocycles. The Bertz CT molecular complexity index is 340. The van der Waals surface area contributed by atoms with Crippen LogP contribution in [0.2, 0.25) is 5.02 Å². The van der Waals surface area contributed by atoms with Crippen molar-refractivity contribution in [2.24, 2.45) is 5.92 Å². The van der Waals surface area contributed by atoms with E-state index in [1.807, 2.05) is 31.2 Å². The zero-order chi connectivity index (χ0) is 12.2. The summed E-state index contributed by atoms with van der Waals surface area (Å²) in [6.45, 7) is 6.42. The van der Waals surface area contributed by atoms with Gasteiger partial charge in [0.1, 0.15) is 0 Å². The average Bonchev–Trinajstić information content (AvgIpc) is 2.16. The molecule has 0 aliphatic heterocycles. The average molecular weight is 242 g/mol. The van der Waals surface area contributed by atoms with Crippen LogP contribution in [0.5, 0.6) is 0 Å². The van der Waals surface area contributed by atoms with Gasteiger partial charge in [-0.3, -0.25) is 0 Å². The molecular weight excluding hydrogens is 222 g/mol. The number of hydrogen-bond donors (Lipinski definition) is 2. The van der Waals surface area contributed by atoms with Crippen molar-refractivity contribution in [1.82, 2.24) is 0 Å². The Kier molecular flexibility index (Phi) is 4.63. The molecule has 3 heteroatoms. The SMILES string of the molecule is CC(C)CC(C)(CO)Nc1cccc(Cl)c1. The maximum Gasteiger partial charge on any atom is 0.0658 e. The van der Waals surface area contributed by atoms with Crippen molar-refractivity contribution in [3.63, 3.8) is 0 Å². The Hall–Kier alpha value is -0.730. The van der Waals surface area contributed by atoms with Gasteiger partial charge < -0.3 is 10.4 Å². The van der Waals surface area contributed by atoms with Gasteiger partial charge in [-0.05, 0) is 37.5 Å². The van der Waals surface area contributed by atoms with Gasteiger partial charge in [-0.2, -0.15) is 0 Å². The summed E-state index contributed by atoms with van der Waals surface area (Å²) in [5.74, 6) is 0.531. The molecule has 0 saturated carbocycles. The molecule has 1 unspecified atom stereocenters. The molecule has 0 bridgehead atoms. The van der Waals surface area contributed by atoms with Gasteiger partial charge in [0.25, 0.3) is 0 Å². The Morgan fingerprint density at radius 2 is 2.12 bits per heavy atom. The molecule has 1 aromatic carbocycles. The molecule has 2 nitrogen and oxygen atoms in total. The maximum absolute atomic E-state index is 9.47. The highest BCUT2D eigenvalue weighted by atomic mass is 35.5. The number of aliphatic hydroxyl groups is 1. The van der Waals surface area contributed by atoms with E-state index in [0.717, 1.165) is 12.1 Å². The van der Waals surface area contributed by atoms with E-state index in [-0.39, 0.29) is 12.1 Å². The van der Waals surface area contributed by atoms with E-state index in [2.05, 4.69) is 19.2 Å². The summed E-state index contributed by atoms with van der Waals surface area (Å²) in [7, 11) is 0. The van der Waals surface area contributed by atoms with E-state index in [9.17, 15) is 5.11 Å². The molecule has 0 aliphatic carbocycles. The van der Waals surface area contributed by atoms with Crippen LogP contribution in [0.3, 0.4) is 0 Å². The van der Waals surface area contributed by atoms with E-state index >= 15 is 0 Å². The predicted molar refractivity (Wildman–Crippen MR) is 70.0 cm³/mol. The highest BCUT2D eigenvalue weighted by Crippen LogP contribution is 2.23. The summed E-state index contributed by atoms with van der Waals surface area (Å²) in [5, 5.41) is 13.5. The van der Waals surface area contributed by atoms with E-state index in [1.54, 1.807) is 0 Å². The molecule has 1 aromatic rings. The van der Waals surface area contributed by atoms with Crippen molar-refractivity contribution in [3.05, 3.63) is 29.3 Å². The zero-order valence-electron chi connectivity index (χ0n) is 10.1. The van der Waals surface area contributed by atoms with Crippen LogP contribution in [0, 0.1) is 5.92 Å². The molecule has 0 fully saturated rings. The minimum atomic E-state index is -0.293. The van der Waals surface area contributed by atoms with Gasteiger partial charge in [0.15, 0.2) is 0 Å². The minimum Gasteiger partial charge on any atom is -0.394 e. The molecule has 0 spiro atoms. The van der Waals surface area contributed by atoms with Crippen LogP contribution in [0.1, 0.15) is 27.2 Å². The number of nitrogens with one attached hydrogen (secondary N) is 1. The summed E-state index contributed by atoms with van der Waals surface area (Å²) < 4.78 is 0. The molecule has 1 atom stereocenters. The normalized spacial score (nSPS) is 14.9. The first-order valence-electron chi connectivity index (χ1n) is 5.60. The van der Waals surface area contributed by atoms with Crippen molar-refractivity contribution >= 4 is 17.3 Å². The van der Waals surface area contributed by atoms with E-state index in [0.29, 0.717) is 10.9 Å². The van der Waals surface area contributed by atoms with Gasteiger partial charge in [0.2, 0.25) is 0 Å². The molecular formula is C13H20ClNO. The van der Waals surface area contributed by atoms with Crippen LogP contribution < -0.4 is 5.32 Å². The van der Waals surface area contributed by atoms with Gasteiger partial charge in [0.05, 0.1) is 12.1 Å². The minimum absolute atomic E-state index is 0.109. The van der Waals surface area contributed by atoms with E-state index in [1.165, 1.54) is 0 Å². The van der Waals surface area contributed by atoms with Crippen LogP contribution in [-0.2, 0) is 0 Å². The molecule has 90 valence electrons. The molecule has 16 heavy (non-hydrogen) atoms. The summed E-state index contributed by atoms with van der Waals surface area (Å²) in [4.78, 5) is 0. The summed E-state index contributed by atoms with van der Waals surface area (Å²) in [6, 6.07) is 7.57. The highest BCUT2D eigenvalue weighted by Gasteiger charge is 2.24. The van der Waals surface area contributed by atoms with Crippen LogP contribution in [0.15, 0.2) is 24.3 Å². The van der Waals surface area contributed by atoms with Crippen LogP contribution in [-0.4, -0.2) is 17.3 Å². The Morgan fingerprint density at radius 1 is 1.44 bits per heavy atom. The number of rotatable bonds is 5. The third kappa shape index (κ3) is 4.03. The second-order valence-electron chi connectivity index (χ2n) is 4.95. The third-order valence-corrected chi connectivity index (χ3v) is 2.71. The molecule has 0 amide bonds. The van der Waals surface area contributed by atoms with Crippen LogP contribution >= 0.6 is 11.6 Å². The van der Waals surface area contributed by atoms with Crippen molar-refractivity contribution < 1.29 is 5.11 Å². The van der Waals surface area contributed by atoms with Gasteiger partial charge in [-0.25, -0.2) is 0 Å². The van der Waals surface area contributed by atoms with E-state index < -0.39 is 0 Å². The molecule has 0 radical (unpaired) electrons. The molecule has 1 rings (SSSR count). The lowest BCUT2D eigenvalue weighted by atomic mass is 9.91. The first-order valence-corrected chi connectivity index (χ1v) is 5.97. The second kappa shape index (κ2) is 5.55. The van der Waals surface area contributed by atoms with Crippen LogP contribution in [0.25, 0.3) is 0 Å². The lowest BCUT2D eigenvalue weighted by Crippen LogP contribution is -2.40. The van der Waals surface area contributed by atoms with E-state index in [4.69, 9.17) is 11.6 Å². The zero-order valence-corrected chi connectivity index (χ0v) is 10.9. The fraction of sp³-hybridized carbons (Fsp3) is 0.538. The van der Waals surface area contributed by atoms with Crippen molar-refractivity contribution in [3.8, 4) is 0 Å². The number of halogens is 1. The summed E-state index contributed by atoms with van der Waals surface area (Å²) in [5.41, 5.74) is 0.656. The predicted octanol–water partition coefficient (Wildman–Crippen LogP) is 3.55. The monoisotopic (exact) mass is 241 g/mol. The van der Waals surface area contributed by atoms with Gasteiger partial charge in [0, 0.05) is 10.7 Å². The van der Waals surface area contributed by atoms with Gasteiger partial charge in [-0.15, -0.1) is 0 Å². The first kappa shape index (κ1) is 13.3. The molecule has 0 aliphatic rings. The lowest BCUT2D eigenvalue weighted by Gasteiger charge is -2.31. The second-order valence-corrected chi connectivity index (χ2v) is 5.39. The van der Waals surface area contributed by atoms with Crippen molar-refractivity contribution in [2.75, 3.05) is 11.9 Å². The highest BCUT2D eigenvalue weighted by molar-refractivity contribution is 6.30. The fourth-order valence-electron chi connectivity index (χ4n) is 1.97. The van der Waals surface area contributed by atoms with Gasteiger partial charge >= 0.3 is 0 Å². The number of anilines is 1. The fourth-order valence-corrected chi connectivity index (χ4v) is 2.16. The van der Waals surface area contributed by atoms with Gasteiger partial charge in [-0.1, -0.05) is 31.5 Å². The number of hydrogen-bond acceptors (Lipinski definition) is 2. The van der Waals surface area contributed by atoms with Crippen molar-refractivity contribution in [2.45, 2.75) is 32.7 Å². The summed E-state index contributed by atoms with van der Waals surface area (Å²) in [6.07, 6.45) is 0.913. The summed E-state index contributed by atoms with van der Waals surface area (Å²) >= 11 is 5.92.